The van der Waals surface area contributed by atoms with Crippen molar-refractivity contribution >= 4 is 16.8 Å². The van der Waals surface area contributed by atoms with E-state index in [0.717, 1.165) is 62.1 Å². The zero-order valence-electron chi connectivity index (χ0n) is 18.7. The number of ketones is 1. The molecule has 1 aliphatic rings. The highest BCUT2D eigenvalue weighted by Crippen LogP contribution is 2.34. The molecule has 3 aromatic heterocycles. The molecule has 0 radical (unpaired) electrons. The number of hydrogen-bond acceptors (Lipinski definition) is 6. The fraction of sp³-hybridized carbons (Fsp3) is 0.346. The third-order valence-corrected chi connectivity index (χ3v) is 6.35. The molecule has 1 N–H and O–H groups in total. The van der Waals surface area contributed by atoms with E-state index in [1.54, 1.807) is 18.6 Å². The van der Waals surface area contributed by atoms with Crippen LogP contribution in [-0.4, -0.2) is 42.1 Å². The van der Waals surface area contributed by atoms with E-state index in [4.69, 9.17) is 9.97 Å². The molecular weight excluding hydrogens is 412 g/mol. The minimum absolute atomic E-state index is 0.0524. The molecule has 1 unspecified atom stereocenters. The molecule has 33 heavy (non-hydrogen) atoms. The summed E-state index contributed by atoms with van der Waals surface area (Å²) in [4.78, 5) is 36.1. The zero-order chi connectivity index (χ0) is 22.5. The van der Waals surface area contributed by atoms with Gasteiger partial charge < -0.3 is 4.98 Å². The maximum absolute atomic E-state index is 12.4. The number of hydrogen-bond donors (Lipinski definition) is 1. The lowest BCUT2D eigenvalue weighted by molar-refractivity contribution is 0.0969. The highest BCUT2D eigenvalue weighted by molar-refractivity contribution is 5.93. The summed E-state index contributed by atoms with van der Waals surface area (Å²) in [5, 5.41) is 0. The number of carbonyl (C=O) groups is 1. The number of para-hydroxylation sites is 2. The van der Waals surface area contributed by atoms with E-state index in [1.807, 2.05) is 30.5 Å². The maximum Gasteiger partial charge on any atom is 0.182 e. The van der Waals surface area contributed by atoms with Gasteiger partial charge in [-0.3, -0.25) is 19.7 Å². The van der Waals surface area contributed by atoms with Gasteiger partial charge >= 0.3 is 0 Å². The third kappa shape index (κ3) is 4.98. The van der Waals surface area contributed by atoms with Crippen LogP contribution in [-0.2, 0) is 13.0 Å². The van der Waals surface area contributed by atoms with Gasteiger partial charge in [0.05, 0.1) is 35.5 Å². The van der Waals surface area contributed by atoms with Crippen molar-refractivity contribution in [1.82, 2.24) is 29.8 Å². The quantitative estimate of drug-likeness (QED) is 0.300. The number of Topliss-reactive ketones (excluding diaryl/α,β-unsaturated/α-hetero) is 1. The molecule has 1 atom stereocenters. The molecular formula is C26H28N6O. The van der Waals surface area contributed by atoms with Gasteiger partial charge in [-0.2, -0.15) is 0 Å². The van der Waals surface area contributed by atoms with Crippen LogP contribution >= 0.6 is 0 Å². The van der Waals surface area contributed by atoms with E-state index < -0.39 is 0 Å². The molecule has 0 fully saturated rings. The summed E-state index contributed by atoms with van der Waals surface area (Å²) in [7, 11) is 0. The number of benzene rings is 1. The summed E-state index contributed by atoms with van der Waals surface area (Å²) in [5.74, 6) is 1.02. The first-order valence-electron chi connectivity index (χ1n) is 11.7. The predicted octanol–water partition coefficient (Wildman–Crippen LogP) is 4.68. The second-order valence-electron chi connectivity index (χ2n) is 8.60. The van der Waals surface area contributed by atoms with Gasteiger partial charge in [-0.25, -0.2) is 9.97 Å². The lowest BCUT2D eigenvalue weighted by Crippen LogP contribution is -2.33. The first kappa shape index (κ1) is 21.4. The van der Waals surface area contributed by atoms with Crippen molar-refractivity contribution < 1.29 is 4.79 Å². The molecule has 0 amide bonds. The number of imidazole rings is 1. The first-order chi connectivity index (χ1) is 16.3. The summed E-state index contributed by atoms with van der Waals surface area (Å²) < 4.78 is 0. The Balaban J connectivity index is 1.30. The number of aryl methyl sites for hydroxylation is 1. The van der Waals surface area contributed by atoms with E-state index >= 15 is 0 Å². The van der Waals surface area contributed by atoms with Gasteiger partial charge in [-0.05, 0) is 62.4 Å². The lowest BCUT2D eigenvalue weighted by Gasteiger charge is -2.34. The summed E-state index contributed by atoms with van der Waals surface area (Å²) in [6, 6.07) is 12.6. The normalized spacial score (nSPS) is 15.6. The Hall–Kier alpha value is -3.45. The Morgan fingerprint density at radius 3 is 2.88 bits per heavy atom. The molecule has 0 saturated carbocycles. The van der Waals surface area contributed by atoms with E-state index in [2.05, 4.69) is 32.0 Å². The van der Waals surface area contributed by atoms with Crippen molar-refractivity contribution in [3.63, 3.8) is 0 Å². The van der Waals surface area contributed by atoms with Crippen LogP contribution < -0.4 is 0 Å². The van der Waals surface area contributed by atoms with Crippen LogP contribution in [0.5, 0.6) is 0 Å². The Morgan fingerprint density at radius 1 is 1.06 bits per heavy atom. The number of aromatic nitrogens is 5. The molecule has 7 nitrogen and oxygen atoms in total. The Morgan fingerprint density at radius 2 is 2.00 bits per heavy atom. The molecule has 3 heterocycles. The number of pyridine rings is 1. The fourth-order valence-corrected chi connectivity index (χ4v) is 4.73. The minimum Gasteiger partial charge on any atom is -0.341 e. The van der Waals surface area contributed by atoms with Crippen molar-refractivity contribution in [2.24, 2.45) is 0 Å². The summed E-state index contributed by atoms with van der Waals surface area (Å²) >= 11 is 0. The smallest absolute Gasteiger partial charge is 0.182 e. The zero-order valence-corrected chi connectivity index (χ0v) is 18.7. The monoisotopic (exact) mass is 440 g/mol. The van der Waals surface area contributed by atoms with Gasteiger partial charge in [0.1, 0.15) is 11.5 Å². The number of H-pyrrole nitrogens is 1. The maximum atomic E-state index is 12.4. The van der Waals surface area contributed by atoms with Crippen LogP contribution in [0.3, 0.4) is 0 Å². The van der Waals surface area contributed by atoms with Gasteiger partial charge in [-0.15, -0.1) is 0 Å². The largest absolute Gasteiger partial charge is 0.341 e. The van der Waals surface area contributed by atoms with Crippen LogP contribution in [0.25, 0.3) is 11.0 Å². The van der Waals surface area contributed by atoms with E-state index in [9.17, 15) is 4.79 Å². The fourth-order valence-electron chi connectivity index (χ4n) is 4.73. The molecule has 1 aliphatic carbocycles. The Kier molecular flexibility index (Phi) is 6.48. The summed E-state index contributed by atoms with van der Waals surface area (Å²) in [6.07, 6.45) is 12.1. The van der Waals surface area contributed by atoms with E-state index in [0.29, 0.717) is 12.1 Å². The number of nitrogens with one attached hydrogen (secondary N) is 1. The minimum atomic E-state index is 0.0524. The number of aromatic amines is 1. The average Bonchev–Trinajstić information content (AvgIpc) is 3.28. The highest BCUT2D eigenvalue weighted by atomic mass is 16.1. The standard InChI is InChI=1S/C26H28N6O/c33-24(22-17-27-14-15-28-22)12-3-4-16-32(18-25-30-20-9-1-2-10-21(20)31-25)23-11-5-7-19-8-6-13-29-26(19)23/h1-2,6,8-10,13-15,17,23H,3-5,7,11-12,16,18H2,(H,30,31). The molecule has 0 bridgehead atoms. The van der Waals surface area contributed by atoms with Crippen molar-refractivity contribution in [2.45, 2.75) is 51.1 Å². The van der Waals surface area contributed by atoms with Crippen LogP contribution in [0.2, 0.25) is 0 Å². The van der Waals surface area contributed by atoms with E-state index in [1.165, 1.54) is 11.3 Å². The van der Waals surface area contributed by atoms with Crippen LogP contribution in [0.1, 0.15) is 65.7 Å². The highest BCUT2D eigenvalue weighted by Gasteiger charge is 2.27. The topological polar surface area (TPSA) is 87.7 Å². The van der Waals surface area contributed by atoms with Crippen LogP contribution in [0.15, 0.2) is 61.2 Å². The van der Waals surface area contributed by atoms with E-state index in [-0.39, 0.29) is 11.8 Å². The molecule has 0 saturated heterocycles. The molecule has 0 aliphatic heterocycles. The van der Waals surface area contributed by atoms with Gasteiger partial charge in [0.25, 0.3) is 0 Å². The number of unbranched alkanes of at least 4 members (excludes halogenated alkanes) is 1. The molecule has 5 rings (SSSR count). The van der Waals surface area contributed by atoms with Crippen LogP contribution in [0.4, 0.5) is 0 Å². The summed E-state index contributed by atoms with van der Waals surface area (Å²) in [5.41, 5.74) is 5.03. The first-order valence-corrected chi connectivity index (χ1v) is 11.7. The van der Waals surface area contributed by atoms with Crippen molar-refractivity contribution in [1.29, 1.82) is 0 Å². The van der Waals surface area contributed by atoms with Crippen molar-refractivity contribution in [3.8, 4) is 0 Å². The van der Waals surface area contributed by atoms with Gasteiger partial charge in [0.15, 0.2) is 5.78 Å². The second-order valence-corrected chi connectivity index (χ2v) is 8.60. The predicted molar refractivity (Wildman–Crippen MR) is 127 cm³/mol. The number of fused-ring (bicyclic) bond motifs is 2. The molecule has 168 valence electrons. The van der Waals surface area contributed by atoms with Crippen LogP contribution in [0, 0.1) is 0 Å². The second kappa shape index (κ2) is 10.0. The van der Waals surface area contributed by atoms with Gasteiger partial charge in [0.2, 0.25) is 0 Å². The number of carbonyl (C=O) groups excluding carboxylic acids is 1. The van der Waals surface area contributed by atoms with Gasteiger partial charge in [-0.1, -0.05) is 18.2 Å². The van der Waals surface area contributed by atoms with Gasteiger partial charge in [0, 0.05) is 25.0 Å². The Bertz CT molecular complexity index is 1190. The third-order valence-electron chi connectivity index (χ3n) is 6.35. The average molecular weight is 441 g/mol. The SMILES string of the molecule is O=C(CCCCN(Cc1nc2ccccc2[nH]1)C1CCCc2cccnc21)c1cnccn1. The molecule has 7 heteroatoms. The Labute approximate surface area is 193 Å². The lowest BCUT2D eigenvalue weighted by atomic mass is 9.90. The number of nitrogens with zero attached hydrogens (tertiary/aromatic N) is 5. The van der Waals surface area contributed by atoms with Crippen molar-refractivity contribution in [2.75, 3.05) is 6.54 Å². The molecule has 0 spiro atoms. The molecule has 4 aromatic rings. The van der Waals surface area contributed by atoms with Crippen molar-refractivity contribution in [3.05, 3.63) is 84.0 Å². The number of rotatable bonds is 9. The summed E-state index contributed by atoms with van der Waals surface area (Å²) in [6.45, 7) is 1.61. The molecule has 1 aromatic carbocycles.